The van der Waals surface area contributed by atoms with Gasteiger partial charge in [-0.2, -0.15) is 0 Å². The molecule has 1 N–H and O–H groups in total. The maximum Gasteiger partial charge on any atom is 0.175 e. The fourth-order valence-electron chi connectivity index (χ4n) is 3.71. The van der Waals surface area contributed by atoms with E-state index in [0.717, 1.165) is 22.5 Å². The Kier molecular flexibility index (Phi) is 6.99. The number of rotatable bonds is 6. The number of hydrogen-bond acceptors (Lipinski definition) is 4. The van der Waals surface area contributed by atoms with Gasteiger partial charge in [0.25, 0.3) is 0 Å². The van der Waals surface area contributed by atoms with Crippen molar-refractivity contribution in [3.63, 3.8) is 0 Å². The van der Waals surface area contributed by atoms with E-state index in [1.54, 1.807) is 13.2 Å². The summed E-state index contributed by atoms with van der Waals surface area (Å²) in [5, 5.41) is 3.52. The normalized spacial score (nSPS) is 23.2. The summed E-state index contributed by atoms with van der Waals surface area (Å²) in [4.78, 5) is 2.55. The molecule has 4 nitrogen and oxygen atoms in total. The molecule has 3 rings (SSSR count). The topological polar surface area (TPSA) is 33.7 Å². The summed E-state index contributed by atoms with van der Waals surface area (Å²) in [7, 11) is 1.68. The first-order valence-corrected chi connectivity index (χ1v) is 8.98. The van der Waals surface area contributed by atoms with Gasteiger partial charge < -0.3 is 14.8 Å². The number of benzene rings is 1. The van der Waals surface area contributed by atoms with Gasteiger partial charge in [-0.1, -0.05) is 12.7 Å². The minimum Gasteiger partial charge on any atom is -0.493 e. The third-order valence-corrected chi connectivity index (χ3v) is 5.48. The molecule has 134 valence electrons. The average Bonchev–Trinajstić information content (AvgIpc) is 3.16. The maximum absolute atomic E-state index is 5.70. The number of nitrogens with one attached hydrogen (secondary N) is 1. The molecule has 0 aliphatic carbocycles. The van der Waals surface area contributed by atoms with Crippen LogP contribution in [-0.4, -0.2) is 44.8 Å². The van der Waals surface area contributed by atoms with Crippen molar-refractivity contribution in [2.75, 3.05) is 39.9 Å². The molecule has 2 aliphatic heterocycles. The van der Waals surface area contributed by atoms with E-state index in [9.17, 15) is 0 Å². The quantitative estimate of drug-likeness (QED) is 0.717. The Hall–Kier alpha value is -0.750. The summed E-state index contributed by atoms with van der Waals surface area (Å²) in [6, 6.07) is 4.22. The van der Waals surface area contributed by atoms with Crippen LogP contribution in [0.5, 0.6) is 11.5 Å². The molecule has 2 saturated heterocycles. The smallest absolute Gasteiger partial charge is 0.175 e. The van der Waals surface area contributed by atoms with Crippen LogP contribution in [0.25, 0.3) is 0 Å². The zero-order chi connectivity index (χ0) is 16.3. The number of nitrogens with zero attached hydrogens (tertiary/aromatic N) is 1. The SMILES string of the molecule is C=CCOc1c(Br)cc(CN2CCC3(CCNC3)C2)cc1OC.Cl. The Labute approximate surface area is 159 Å². The van der Waals surface area contributed by atoms with Gasteiger partial charge in [0.1, 0.15) is 6.61 Å². The molecule has 1 unspecified atom stereocenters. The van der Waals surface area contributed by atoms with Gasteiger partial charge >= 0.3 is 0 Å². The Balaban J connectivity index is 0.00000208. The number of halogens is 2. The van der Waals surface area contributed by atoms with Gasteiger partial charge in [-0.3, -0.25) is 4.90 Å². The second kappa shape index (κ2) is 8.56. The van der Waals surface area contributed by atoms with E-state index in [2.05, 4.69) is 44.9 Å². The lowest BCUT2D eigenvalue weighted by Crippen LogP contribution is -2.28. The van der Waals surface area contributed by atoms with E-state index in [1.165, 1.54) is 44.6 Å². The molecule has 1 aromatic carbocycles. The van der Waals surface area contributed by atoms with Gasteiger partial charge in [0.05, 0.1) is 11.6 Å². The van der Waals surface area contributed by atoms with E-state index in [1.807, 2.05) is 0 Å². The van der Waals surface area contributed by atoms with Crippen molar-refractivity contribution in [3.8, 4) is 11.5 Å². The van der Waals surface area contributed by atoms with Crippen LogP contribution in [0.3, 0.4) is 0 Å². The van der Waals surface area contributed by atoms with Crippen LogP contribution >= 0.6 is 28.3 Å². The first-order valence-electron chi connectivity index (χ1n) is 8.19. The van der Waals surface area contributed by atoms with Crippen molar-refractivity contribution in [2.45, 2.75) is 19.4 Å². The first-order chi connectivity index (χ1) is 11.2. The van der Waals surface area contributed by atoms with Gasteiger partial charge in [0.2, 0.25) is 0 Å². The Morgan fingerprint density at radius 1 is 1.42 bits per heavy atom. The highest BCUT2D eigenvalue weighted by atomic mass is 79.9. The number of likely N-dealkylation sites (tertiary alicyclic amines) is 1. The zero-order valence-corrected chi connectivity index (χ0v) is 16.5. The van der Waals surface area contributed by atoms with Crippen molar-refractivity contribution in [1.82, 2.24) is 10.2 Å². The molecule has 0 radical (unpaired) electrons. The molecule has 2 heterocycles. The van der Waals surface area contributed by atoms with Crippen LogP contribution in [-0.2, 0) is 6.54 Å². The van der Waals surface area contributed by atoms with Gasteiger partial charge in [0, 0.05) is 19.6 Å². The van der Waals surface area contributed by atoms with Gasteiger partial charge in [-0.05, 0) is 65.0 Å². The maximum atomic E-state index is 5.70. The Morgan fingerprint density at radius 2 is 2.25 bits per heavy atom. The molecule has 0 aromatic heterocycles. The third kappa shape index (κ3) is 4.26. The molecule has 2 fully saturated rings. The predicted octanol–water partition coefficient (Wildman–Crippen LogP) is 3.63. The number of methoxy groups -OCH3 is 1. The summed E-state index contributed by atoms with van der Waals surface area (Å²) < 4.78 is 12.1. The van der Waals surface area contributed by atoms with Crippen LogP contribution in [0.4, 0.5) is 0 Å². The van der Waals surface area contributed by atoms with Crippen molar-refractivity contribution in [3.05, 3.63) is 34.8 Å². The van der Waals surface area contributed by atoms with E-state index in [0.29, 0.717) is 12.0 Å². The highest BCUT2D eigenvalue weighted by Crippen LogP contribution is 2.39. The van der Waals surface area contributed by atoms with E-state index in [-0.39, 0.29) is 12.4 Å². The van der Waals surface area contributed by atoms with Crippen LogP contribution in [0.1, 0.15) is 18.4 Å². The Bertz CT molecular complexity index is 576. The van der Waals surface area contributed by atoms with Crippen molar-refractivity contribution in [1.29, 1.82) is 0 Å². The van der Waals surface area contributed by atoms with Crippen LogP contribution in [0.2, 0.25) is 0 Å². The van der Waals surface area contributed by atoms with Crippen LogP contribution in [0, 0.1) is 5.41 Å². The fraction of sp³-hybridized carbons (Fsp3) is 0.556. The summed E-state index contributed by atoms with van der Waals surface area (Å²) in [6.07, 6.45) is 4.35. The average molecular weight is 418 g/mol. The van der Waals surface area contributed by atoms with Gasteiger partial charge in [-0.25, -0.2) is 0 Å². The molecule has 1 atom stereocenters. The first kappa shape index (κ1) is 19.6. The van der Waals surface area contributed by atoms with Gasteiger partial charge in [-0.15, -0.1) is 12.4 Å². The molecular formula is C18H26BrClN2O2. The summed E-state index contributed by atoms with van der Waals surface area (Å²) in [6.45, 7) is 9.82. The van der Waals surface area contributed by atoms with Crippen LogP contribution in [0.15, 0.2) is 29.3 Å². The zero-order valence-electron chi connectivity index (χ0n) is 14.1. The second-order valence-electron chi connectivity index (χ2n) is 6.60. The molecule has 0 saturated carbocycles. The molecule has 24 heavy (non-hydrogen) atoms. The largest absolute Gasteiger partial charge is 0.493 e. The van der Waals surface area contributed by atoms with Crippen molar-refractivity contribution >= 4 is 28.3 Å². The third-order valence-electron chi connectivity index (χ3n) is 4.89. The molecule has 1 spiro atoms. The highest BCUT2D eigenvalue weighted by molar-refractivity contribution is 9.10. The molecular weight excluding hydrogens is 392 g/mol. The van der Waals surface area contributed by atoms with E-state index >= 15 is 0 Å². The van der Waals surface area contributed by atoms with Crippen molar-refractivity contribution < 1.29 is 9.47 Å². The van der Waals surface area contributed by atoms with Crippen LogP contribution < -0.4 is 14.8 Å². The molecule has 1 aromatic rings. The number of ether oxygens (including phenoxy) is 2. The monoisotopic (exact) mass is 416 g/mol. The molecule has 6 heteroatoms. The summed E-state index contributed by atoms with van der Waals surface area (Å²) in [5.74, 6) is 1.52. The standard InChI is InChI=1S/C18H25BrN2O2.ClH/c1-3-8-23-17-15(19)9-14(10-16(17)22-2)11-21-7-5-18(13-21)4-6-20-12-18;/h3,9-10,20H,1,4-8,11-13H2,2H3;1H. The fourth-order valence-corrected chi connectivity index (χ4v) is 4.32. The minimum absolute atomic E-state index is 0. The lowest BCUT2D eigenvalue weighted by Gasteiger charge is -2.23. The Morgan fingerprint density at radius 3 is 2.92 bits per heavy atom. The molecule has 2 aliphatic rings. The second-order valence-corrected chi connectivity index (χ2v) is 7.45. The predicted molar refractivity (Wildman–Crippen MR) is 103 cm³/mol. The van der Waals surface area contributed by atoms with E-state index < -0.39 is 0 Å². The lowest BCUT2D eigenvalue weighted by atomic mass is 9.86. The molecule has 0 bridgehead atoms. The van der Waals surface area contributed by atoms with Crippen molar-refractivity contribution in [2.24, 2.45) is 5.41 Å². The van der Waals surface area contributed by atoms with Gasteiger partial charge in [0.15, 0.2) is 11.5 Å². The number of hydrogen-bond donors (Lipinski definition) is 1. The minimum atomic E-state index is 0. The summed E-state index contributed by atoms with van der Waals surface area (Å²) in [5.41, 5.74) is 1.76. The summed E-state index contributed by atoms with van der Waals surface area (Å²) >= 11 is 3.61. The van der Waals surface area contributed by atoms with E-state index in [4.69, 9.17) is 9.47 Å². The molecule has 0 amide bonds. The highest BCUT2D eigenvalue weighted by Gasteiger charge is 2.40. The lowest BCUT2D eigenvalue weighted by molar-refractivity contribution is 0.268.